The van der Waals surface area contributed by atoms with Gasteiger partial charge in [0.05, 0.1) is 0 Å². The molecule has 2 N–H and O–H groups in total. The van der Waals surface area contributed by atoms with Gasteiger partial charge in [-0.15, -0.1) is 0 Å². The van der Waals surface area contributed by atoms with E-state index in [9.17, 15) is 4.79 Å². The predicted octanol–water partition coefficient (Wildman–Crippen LogP) is 2.31. The lowest BCUT2D eigenvalue weighted by atomic mass is 10.2. The number of nitrogens with one attached hydrogen (secondary N) is 2. The van der Waals surface area contributed by atoms with Crippen LogP contribution in [0.5, 0.6) is 0 Å². The van der Waals surface area contributed by atoms with Gasteiger partial charge >= 0.3 is 0 Å². The number of carbonyl (C=O) groups is 1. The van der Waals surface area contributed by atoms with Crippen molar-refractivity contribution in [3.05, 3.63) is 33.4 Å². The predicted molar refractivity (Wildman–Crippen MR) is 77.5 cm³/mol. The van der Waals surface area contributed by atoms with E-state index < -0.39 is 0 Å². The van der Waals surface area contributed by atoms with Gasteiger partial charge in [-0.05, 0) is 65.5 Å². The third kappa shape index (κ3) is 4.44. The van der Waals surface area contributed by atoms with Gasteiger partial charge in [-0.2, -0.15) is 0 Å². The Bertz CT molecular complexity index is 378. The van der Waals surface area contributed by atoms with Crippen molar-refractivity contribution < 1.29 is 4.79 Å². The summed E-state index contributed by atoms with van der Waals surface area (Å²) in [4.78, 5) is 11.7. The number of rotatable bonds is 3. The van der Waals surface area contributed by atoms with Crippen LogP contribution in [0.4, 0.5) is 0 Å². The van der Waals surface area contributed by atoms with Crippen LogP contribution in [0.15, 0.2) is 24.3 Å². The van der Waals surface area contributed by atoms with Crippen molar-refractivity contribution >= 4 is 45.8 Å². The molecular formula is C11H13IN2OS. The first-order valence-corrected chi connectivity index (χ1v) is 6.47. The van der Waals surface area contributed by atoms with Crippen LogP contribution in [-0.2, 0) is 0 Å². The number of carbonyl (C=O) groups excluding carboxylic acids is 1. The van der Waals surface area contributed by atoms with Crippen molar-refractivity contribution in [3.8, 4) is 0 Å². The molecule has 0 fully saturated rings. The first kappa shape index (κ1) is 13.4. The molecule has 0 saturated heterocycles. The van der Waals surface area contributed by atoms with E-state index in [1.54, 1.807) is 12.1 Å². The lowest BCUT2D eigenvalue weighted by Gasteiger charge is -2.08. The molecule has 0 aliphatic carbocycles. The first-order chi connectivity index (χ1) is 7.63. The van der Waals surface area contributed by atoms with Gasteiger partial charge in [-0.3, -0.25) is 10.1 Å². The zero-order valence-corrected chi connectivity index (χ0v) is 11.9. The van der Waals surface area contributed by atoms with Crippen LogP contribution in [0, 0.1) is 3.57 Å². The van der Waals surface area contributed by atoms with E-state index in [2.05, 4.69) is 33.2 Å². The van der Waals surface area contributed by atoms with Crippen LogP contribution in [0.1, 0.15) is 23.7 Å². The molecule has 3 nitrogen and oxygen atoms in total. The number of benzene rings is 1. The van der Waals surface area contributed by atoms with Gasteiger partial charge in [0.2, 0.25) is 0 Å². The highest BCUT2D eigenvalue weighted by Crippen LogP contribution is 2.06. The molecule has 1 aromatic rings. The number of halogens is 1. The van der Waals surface area contributed by atoms with Crippen LogP contribution in [0.3, 0.4) is 0 Å². The maximum absolute atomic E-state index is 11.7. The first-order valence-electron chi connectivity index (χ1n) is 4.98. The number of hydrogen-bond donors (Lipinski definition) is 2. The standard InChI is InChI=1S/C11H13IN2OS/c1-2-7-13-11(16)14-10(15)8-3-5-9(12)6-4-8/h3-6H,2,7H2,1H3,(H2,13,14,15,16). The molecule has 16 heavy (non-hydrogen) atoms. The third-order valence-electron chi connectivity index (χ3n) is 1.87. The van der Waals surface area contributed by atoms with E-state index in [0.717, 1.165) is 16.5 Å². The van der Waals surface area contributed by atoms with Gasteiger partial charge in [0.1, 0.15) is 0 Å². The van der Waals surface area contributed by atoms with Crippen LogP contribution < -0.4 is 10.6 Å². The van der Waals surface area contributed by atoms with E-state index in [1.807, 2.05) is 19.1 Å². The molecule has 0 unspecified atom stereocenters. The van der Waals surface area contributed by atoms with Crippen LogP contribution in [0.25, 0.3) is 0 Å². The summed E-state index contributed by atoms with van der Waals surface area (Å²) >= 11 is 7.17. The van der Waals surface area contributed by atoms with Gasteiger partial charge in [0.25, 0.3) is 5.91 Å². The Kier molecular flexibility index (Phi) is 5.68. The number of amides is 1. The van der Waals surface area contributed by atoms with Crippen molar-refractivity contribution in [1.29, 1.82) is 0 Å². The molecule has 0 spiro atoms. The van der Waals surface area contributed by atoms with Crippen LogP contribution in [0.2, 0.25) is 0 Å². The highest BCUT2D eigenvalue weighted by atomic mass is 127. The number of hydrogen-bond acceptors (Lipinski definition) is 2. The molecule has 0 atom stereocenters. The molecule has 5 heteroatoms. The summed E-state index contributed by atoms with van der Waals surface area (Å²) in [7, 11) is 0. The highest BCUT2D eigenvalue weighted by Gasteiger charge is 2.06. The van der Waals surface area contributed by atoms with E-state index in [4.69, 9.17) is 12.2 Å². The van der Waals surface area contributed by atoms with E-state index >= 15 is 0 Å². The van der Waals surface area contributed by atoms with Gasteiger partial charge in [-0.1, -0.05) is 6.92 Å². The largest absolute Gasteiger partial charge is 0.362 e. The van der Waals surface area contributed by atoms with Crippen molar-refractivity contribution in [2.75, 3.05) is 6.54 Å². The second-order valence-corrected chi connectivity index (χ2v) is 4.87. The fourth-order valence-electron chi connectivity index (χ4n) is 1.06. The Morgan fingerprint density at radius 1 is 1.38 bits per heavy atom. The summed E-state index contributed by atoms with van der Waals surface area (Å²) in [6.07, 6.45) is 0.972. The minimum absolute atomic E-state index is 0.176. The fraction of sp³-hybridized carbons (Fsp3) is 0.273. The monoisotopic (exact) mass is 348 g/mol. The molecule has 0 heterocycles. The highest BCUT2D eigenvalue weighted by molar-refractivity contribution is 14.1. The molecule has 0 aromatic heterocycles. The zero-order chi connectivity index (χ0) is 12.0. The molecule has 0 bridgehead atoms. The van der Waals surface area contributed by atoms with Gasteiger partial charge in [-0.25, -0.2) is 0 Å². The van der Waals surface area contributed by atoms with E-state index in [1.165, 1.54) is 0 Å². The third-order valence-corrected chi connectivity index (χ3v) is 2.83. The smallest absolute Gasteiger partial charge is 0.257 e. The number of thiocarbonyl (C=S) groups is 1. The Hall–Kier alpha value is -0.690. The maximum Gasteiger partial charge on any atom is 0.257 e. The van der Waals surface area contributed by atoms with Crippen molar-refractivity contribution in [2.24, 2.45) is 0 Å². The summed E-state index contributed by atoms with van der Waals surface area (Å²) in [6.45, 7) is 2.81. The summed E-state index contributed by atoms with van der Waals surface area (Å²) in [5, 5.41) is 5.95. The topological polar surface area (TPSA) is 41.1 Å². The molecule has 0 aliphatic rings. The summed E-state index contributed by atoms with van der Waals surface area (Å²) < 4.78 is 1.10. The Balaban J connectivity index is 2.52. The molecule has 1 amide bonds. The molecular weight excluding hydrogens is 335 g/mol. The lowest BCUT2D eigenvalue weighted by molar-refractivity contribution is 0.0976. The summed E-state index contributed by atoms with van der Waals surface area (Å²) in [6, 6.07) is 7.33. The van der Waals surface area contributed by atoms with Crippen LogP contribution >= 0.6 is 34.8 Å². The fourth-order valence-corrected chi connectivity index (χ4v) is 1.61. The average Bonchev–Trinajstić information content (AvgIpc) is 2.27. The minimum atomic E-state index is -0.176. The maximum atomic E-state index is 11.7. The molecule has 1 aromatic carbocycles. The Morgan fingerprint density at radius 2 is 2.00 bits per heavy atom. The molecule has 0 aliphatic heterocycles. The van der Waals surface area contributed by atoms with Crippen molar-refractivity contribution in [2.45, 2.75) is 13.3 Å². The van der Waals surface area contributed by atoms with E-state index in [-0.39, 0.29) is 5.91 Å². The average molecular weight is 348 g/mol. The SMILES string of the molecule is CCCNC(=S)NC(=O)c1ccc(I)cc1. The zero-order valence-electron chi connectivity index (χ0n) is 8.92. The summed E-state index contributed by atoms with van der Waals surface area (Å²) in [5.74, 6) is -0.176. The second kappa shape index (κ2) is 6.80. The lowest BCUT2D eigenvalue weighted by Crippen LogP contribution is -2.39. The molecule has 0 saturated carbocycles. The van der Waals surface area contributed by atoms with Gasteiger partial charge in [0.15, 0.2) is 5.11 Å². The van der Waals surface area contributed by atoms with Gasteiger partial charge < -0.3 is 5.32 Å². The Labute approximate surface area is 114 Å². The quantitative estimate of drug-likeness (QED) is 0.651. The van der Waals surface area contributed by atoms with Gasteiger partial charge in [0, 0.05) is 15.7 Å². The van der Waals surface area contributed by atoms with E-state index in [0.29, 0.717) is 10.7 Å². The minimum Gasteiger partial charge on any atom is -0.362 e. The van der Waals surface area contributed by atoms with Crippen molar-refractivity contribution in [3.63, 3.8) is 0 Å². The molecule has 1 rings (SSSR count). The normalized spacial score (nSPS) is 9.62. The second-order valence-electron chi connectivity index (χ2n) is 3.22. The molecule has 86 valence electrons. The molecule has 0 radical (unpaired) electrons. The van der Waals surface area contributed by atoms with Crippen LogP contribution in [-0.4, -0.2) is 17.6 Å². The summed E-state index contributed by atoms with van der Waals surface area (Å²) in [5.41, 5.74) is 0.612. The van der Waals surface area contributed by atoms with Crippen molar-refractivity contribution in [1.82, 2.24) is 10.6 Å². The Morgan fingerprint density at radius 3 is 2.56 bits per heavy atom.